The third kappa shape index (κ3) is 1.82. The largest absolute Gasteiger partial charge is 0.397 e. The molecule has 5 heteroatoms. The van der Waals surface area contributed by atoms with Gasteiger partial charge in [-0.25, -0.2) is 0 Å². The van der Waals surface area contributed by atoms with Crippen LogP contribution in [0.25, 0.3) is 10.8 Å². The third-order valence-electron chi connectivity index (χ3n) is 3.75. The minimum absolute atomic E-state index is 0.311. The second kappa shape index (κ2) is 4.45. The molecule has 1 aliphatic carbocycles. The van der Waals surface area contributed by atoms with Crippen LogP contribution >= 0.6 is 11.3 Å². The molecule has 3 aromatic rings. The van der Waals surface area contributed by atoms with Gasteiger partial charge in [-0.2, -0.15) is 4.98 Å². The molecule has 0 unspecified atom stereocenters. The molecular formula is C15H13N3OS. The zero-order chi connectivity index (χ0) is 13.5. The van der Waals surface area contributed by atoms with Crippen molar-refractivity contribution in [1.82, 2.24) is 10.1 Å². The summed E-state index contributed by atoms with van der Waals surface area (Å²) in [7, 11) is 0. The number of benzene rings is 1. The fourth-order valence-corrected chi connectivity index (χ4v) is 3.47. The average Bonchev–Trinajstić information content (AvgIpc) is 3.15. The minimum atomic E-state index is 0.311. The van der Waals surface area contributed by atoms with Crippen LogP contribution in [-0.2, 0) is 12.8 Å². The van der Waals surface area contributed by atoms with E-state index >= 15 is 0 Å². The molecule has 2 aromatic heterocycles. The maximum atomic E-state index is 5.89. The molecule has 1 aromatic carbocycles. The lowest BCUT2D eigenvalue weighted by molar-refractivity contribution is 0.417. The average molecular weight is 283 g/mol. The quantitative estimate of drug-likeness (QED) is 0.784. The summed E-state index contributed by atoms with van der Waals surface area (Å²) in [6.07, 6.45) is 1.96. The molecule has 4 nitrogen and oxygen atoms in total. The molecule has 0 bridgehead atoms. The number of anilines is 1. The zero-order valence-electron chi connectivity index (χ0n) is 10.7. The molecule has 100 valence electrons. The van der Waals surface area contributed by atoms with Crippen molar-refractivity contribution in [2.24, 2.45) is 0 Å². The number of nitrogen functional groups attached to an aromatic ring is 1. The molecule has 4 rings (SSSR count). The molecule has 0 fully saturated rings. The molecule has 0 saturated carbocycles. The lowest BCUT2D eigenvalue weighted by Crippen LogP contribution is -2.00. The first-order chi connectivity index (χ1) is 9.81. The van der Waals surface area contributed by atoms with Crippen LogP contribution < -0.4 is 5.73 Å². The summed E-state index contributed by atoms with van der Waals surface area (Å²) in [6.45, 7) is 0. The second-order valence-electron chi connectivity index (χ2n) is 5.04. The Hall–Kier alpha value is -2.14. The van der Waals surface area contributed by atoms with Gasteiger partial charge in [-0.1, -0.05) is 29.4 Å². The molecular weight excluding hydrogens is 270 g/mol. The Morgan fingerprint density at radius 1 is 1.15 bits per heavy atom. The maximum Gasteiger partial charge on any atom is 0.270 e. The van der Waals surface area contributed by atoms with Crippen molar-refractivity contribution in [3.8, 4) is 10.8 Å². The van der Waals surface area contributed by atoms with E-state index in [1.54, 1.807) is 0 Å². The molecule has 2 heterocycles. The summed E-state index contributed by atoms with van der Waals surface area (Å²) in [5, 5.41) is 6.07. The van der Waals surface area contributed by atoms with Crippen molar-refractivity contribution in [2.75, 3.05) is 5.73 Å². The second-order valence-corrected chi connectivity index (χ2v) is 5.95. The highest BCUT2D eigenvalue weighted by Gasteiger charge is 2.27. The number of rotatable bonds is 2. The molecule has 0 spiro atoms. The number of nitrogens with two attached hydrogens (primary N) is 1. The predicted octanol–water partition coefficient (Wildman–Crippen LogP) is 3.26. The van der Waals surface area contributed by atoms with E-state index in [0.29, 0.717) is 17.5 Å². The Morgan fingerprint density at radius 3 is 2.55 bits per heavy atom. The van der Waals surface area contributed by atoms with E-state index < -0.39 is 0 Å². The van der Waals surface area contributed by atoms with Gasteiger partial charge in [0.2, 0.25) is 0 Å². The van der Waals surface area contributed by atoms with Crippen LogP contribution in [-0.4, -0.2) is 10.1 Å². The van der Waals surface area contributed by atoms with Gasteiger partial charge in [0, 0.05) is 5.92 Å². The van der Waals surface area contributed by atoms with Crippen molar-refractivity contribution in [2.45, 2.75) is 18.8 Å². The monoisotopic (exact) mass is 283 g/mol. The molecule has 0 saturated heterocycles. The molecule has 20 heavy (non-hydrogen) atoms. The summed E-state index contributed by atoms with van der Waals surface area (Å²) in [5.41, 5.74) is 9.36. The summed E-state index contributed by atoms with van der Waals surface area (Å²) >= 11 is 1.52. The smallest absolute Gasteiger partial charge is 0.270 e. The van der Waals surface area contributed by atoms with E-state index in [0.717, 1.165) is 23.5 Å². The fraction of sp³-hybridized carbons (Fsp3) is 0.200. The van der Waals surface area contributed by atoms with E-state index in [-0.39, 0.29) is 0 Å². The molecule has 0 atom stereocenters. The lowest BCUT2D eigenvalue weighted by atomic mass is 10.1. The van der Waals surface area contributed by atoms with Crippen molar-refractivity contribution in [3.05, 3.63) is 52.7 Å². The van der Waals surface area contributed by atoms with Crippen LogP contribution in [0.15, 0.2) is 40.2 Å². The summed E-state index contributed by atoms with van der Waals surface area (Å²) in [4.78, 5) is 5.39. The normalized spacial score (nSPS) is 14.6. The van der Waals surface area contributed by atoms with E-state index in [4.69, 9.17) is 10.3 Å². The molecule has 0 amide bonds. The minimum Gasteiger partial charge on any atom is -0.397 e. The van der Waals surface area contributed by atoms with Crippen LogP contribution in [0.5, 0.6) is 0 Å². The lowest BCUT2D eigenvalue weighted by Gasteiger charge is -2.00. The Kier molecular flexibility index (Phi) is 2.60. The number of hydrogen-bond donors (Lipinski definition) is 1. The summed E-state index contributed by atoms with van der Waals surface area (Å²) in [5.74, 6) is 1.62. The Morgan fingerprint density at radius 2 is 1.90 bits per heavy atom. The van der Waals surface area contributed by atoms with Gasteiger partial charge in [-0.3, -0.25) is 0 Å². The number of aromatic nitrogens is 2. The van der Waals surface area contributed by atoms with E-state index in [1.165, 1.54) is 22.5 Å². The molecule has 0 radical (unpaired) electrons. The van der Waals surface area contributed by atoms with Crippen molar-refractivity contribution >= 4 is 17.0 Å². The van der Waals surface area contributed by atoms with Crippen LogP contribution in [0.1, 0.15) is 22.9 Å². The van der Waals surface area contributed by atoms with Gasteiger partial charge in [0.1, 0.15) is 4.88 Å². The van der Waals surface area contributed by atoms with Crippen molar-refractivity contribution < 1.29 is 4.52 Å². The zero-order valence-corrected chi connectivity index (χ0v) is 11.6. The fourth-order valence-electron chi connectivity index (χ4n) is 2.73. The highest BCUT2D eigenvalue weighted by atomic mass is 32.1. The third-order valence-corrected chi connectivity index (χ3v) is 4.67. The summed E-state index contributed by atoms with van der Waals surface area (Å²) in [6, 6.07) is 10.4. The first-order valence-electron chi connectivity index (χ1n) is 6.55. The van der Waals surface area contributed by atoms with Crippen LogP contribution in [0, 0.1) is 0 Å². The molecule has 2 N–H and O–H groups in total. The SMILES string of the molecule is Nc1ccsc1-c1nc(C2Cc3ccccc3C2)no1. The van der Waals surface area contributed by atoms with Crippen LogP contribution in [0.4, 0.5) is 5.69 Å². The van der Waals surface area contributed by atoms with Gasteiger partial charge in [0.15, 0.2) is 5.82 Å². The van der Waals surface area contributed by atoms with E-state index in [1.807, 2.05) is 11.4 Å². The molecule has 0 aliphatic heterocycles. The van der Waals surface area contributed by atoms with Gasteiger partial charge in [-0.15, -0.1) is 11.3 Å². The standard InChI is InChI=1S/C15H13N3OS/c16-12-5-6-20-13(12)15-17-14(18-19-15)11-7-9-3-1-2-4-10(9)8-11/h1-6,11H,7-8,16H2. The maximum absolute atomic E-state index is 5.89. The van der Waals surface area contributed by atoms with Crippen LogP contribution in [0.2, 0.25) is 0 Å². The van der Waals surface area contributed by atoms with Crippen molar-refractivity contribution in [1.29, 1.82) is 0 Å². The van der Waals surface area contributed by atoms with E-state index in [2.05, 4.69) is 34.4 Å². The number of thiophene rings is 1. The number of fused-ring (bicyclic) bond motifs is 1. The molecule has 1 aliphatic rings. The number of hydrogen-bond acceptors (Lipinski definition) is 5. The first kappa shape index (κ1) is 11.7. The predicted molar refractivity (Wildman–Crippen MR) is 78.6 cm³/mol. The first-order valence-corrected chi connectivity index (χ1v) is 7.43. The van der Waals surface area contributed by atoms with Crippen LogP contribution in [0.3, 0.4) is 0 Å². The van der Waals surface area contributed by atoms with Gasteiger partial charge < -0.3 is 10.3 Å². The number of nitrogens with zero attached hydrogens (tertiary/aromatic N) is 2. The van der Waals surface area contributed by atoms with Gasteiger partial charge in [0.25, 0.3) is 5.89 Å². The van der Waals surface area contributed by atoms with Crippen molar-refractivity contribution in [3.63, 3.8) is 0 Å². The Balaban J connectivity index is 1.63. The van der Waals surface area contributed by atoms with Gasteiger partial charge in [0.05, 0.1) is 5.69 Å². The highest BCUT2D eigenvalue weighted by molar-refractivity contribution is 7.14. The summed E-state index contributed by atoms with van der Waals surface area (Å²) < 4.78 is 5.37. The van der Waals surface area contributed by atoms with Gasteiger partial charge >= 0.3 is 0 Å². The topological polar surface area (TPSA) is 64.9 Å². The Labute approximate surface area is 120 Å². The van der Waals surface area contributed by atoms with Gasteiger partial charge in [-0.05, 0) is 35.4 Å². The highest BCUT2D eigenvalue weighted by Crippen LogP contribution is 2.35. The van der Waals surface area contributed by atoms with E-state index in [9.17, 15) is 0 Å². The Bertz CT molecular complexity index is 737.